The van der Waals surface area contributed by atoms with Crippen molar-refractivity contribution < 1.29 is 9.53 Å². The third kappa shape index (κ3) is 4.27. The van der Waals surface area contributed by atoms with Crippen LogP contribution in [0.1, 0.15) is 22.3 Å². The minimum atomic E-state index is 0.104. The predicted octanol–water partition coefficient (Wildman–Crippen LogP) is 4.69. The molecule has 3 rings (SSSR count). The van der Waals surface area contributed by atoms with Crippen LogP contribution in [0, 0.1) is 0 Å². The van der Waals surface area contributed by atoms with E-state index in [-0.39, 0.29) is 5.78 Å². The second kappa shape index (κ2) is 7.36. The van der Waals surface area contributed by atoms with Crippen LogP contribution < -0.4 is 4.74 Å². The van der Waals surface area contributed by atoms with Gasteiger partial charge in [-0.3, -0.25) is 9.78 Å². The summed E-state index contributed by atoms with van der Waals surface area (Å²) >= 11 is 0. The molecule has 23 heavy (non-hydrogen) atoms. The summed E-state index contributed by atoms with van der Waals surface area (Å²) < 4.78 is 5.82. The van der Waals surface area contributed by atoms with Crippen molar-refractivity contribution in [2.24, 2.45) is 0 Å². The highest BCUT2D eigenvalue weighted by molar-refractivity contribution is 5.95. The maximum Gasteiger partial charge on any atom is 0.164 e. The van der Waals surface area contributed by atoms with Crippen LogP contribution in [0.15, 0.2) is 79.1 Å². The molecule has 3 aromatic rings. The van der Waals surface area contributed by atoms with Crippen LogP contribution in [0.4, 0.5) is 0 Å². The van der Waals surface area contributed by atoms with E-state index >= 15 is 0 Å². The smallest absolute Gasteiger partial charge is 0.164 e. The van der Waals surface area contributed by atoms with Gasteiger partial charge in [-0.25, -0.2) is 0 Å². The van der Waals surface area contributed by atoms with E-state index in [9.17, 15) is 4.79 Å². The van der Waals surface area contributed by atoms with Gasteiger partial charge in [-0.1, -0.05) is 30.3 Å². The molecule has 0 saturated heterocycles. The Morgan fingerprint density at radius 1 is 0.913 bits per heavy atom. The molecule has 0 radical (unpaired) electrons. The average Bonchev–Trinajstić information content (AvgIpc) is 2.62. The molecule has 2 aromatic carbocycles. The Bertz CT molecular complexity index is 770. The molecule has 0 aliphatic rings. The summed E-state index contributed by atoms with van der Waals surface area (Å²) in [5.41, 5.74) is 1.74. The summed E-state index contributed by atoms with van der Waals surface area (Å²) in [7, 11) is 0. The van der Waals surface area contributed by atoms with Crippen LogP contribution in [0.2, 0.25) is 0 Å². The number of para-hydroxylation sites is 1. The van der Waals surface area contributed by atoms with Gasteiger partial charge in [0, 0.05) is 24.4 Å². The Hall–Kier alpha value is -2.94. The fourth-order valence-electron chi connectivity index (χ4n) is 2.32. The number of rotatable bonds is 6. The van der Waals surface area contributed by atoms with Crippen molar-refractivity contribution in [2.75, 3.05) is 0 Å². The van der Waals surface area contributed by atoms with E-state index in [1.807, 2.05) is 54.6 Å². The number of aryl methyl sites for hydroxylation is 1. The van der Waals surface area contributed by atoms with Gasteiger partial charge < -0.3 is 4.74 Å². The SMILES string of the molecule is O=C(CCc1cccc(Oc2ccccc2)c1)c1cccnc1. The van der Waals surface area contributed by atoms with Crippen LogP contribution in [0.25, 0.3) is 0 Å². The van der Waals surface area contributed by atoms with Gasteiger partial charge in [-0.2, -0.15) is 0 Å². The molecule has 0 aliphatic heterocycles. The quantitative estimate of drug-likeness (QED) is 0.620. The lowest BCUT2D eigenvalue weighted by Gasteiger charge is -2.07. The minimum absolute atomic E-state index is 0.104. The first-order valence-corrected chi connectivity index (χ1v) is 7.56. The highest BCUT2D eigenvalue weighted by Crippen LogP contribution is 2.22. The van der Waals surface area contributed by atoms with E-state index in [1.54, 1.807) is 24.5 Å². The van der Waals surface area contributed by atoms with Gasteiger partial charge in [-0.05, 0) is 48.4 Å². The van der Waals surface area contributed by atoms with Crippen LogP contribution in [0.5, 0.6) is 11.5 Å². The number of pyridine rings is 1. The molecule has 3 nitrogen and oxygen atoms in total. The first kappa shape index (κ1) is 15.0. The van der Waals surface area contributed by atoms with Crippen molar-refractivity contribution in [3.63, 3.8) is 0 Å². The molecule has 0 spiro atoms. The number of ether oxygens (including phenoxy) is 1. The first-order chi connectivity index (χ1) is 11.3. The van der Waals surface area contributed by atoms with E-state index in [0.29, 0.717) is 18.4 Å². The number of aromatic nitrogens is 1. The topological polar surface area (TPSA) is 39.2 Å². The molecule has 0 bridgehead atoms. The van der Waals surface area contributed by atoms with Crippen LogP contribution in [0.3, 0.4) is 0 Å². The Labute approximate surface area is 135 Å². The molecule has 0 fully saturated rings. The summed E-state index contributed by atoms with van der Waals surface area (Å²) in [6.45, 7) is 0. The first-order valence-electron chi connectivity index (χ1n) is 7.56. The number of hydrogen-bond acceptors (Lipinski definition) is 3. The van der Waals surface area contributed by atoms with E-state index in [1.165, 1.54) is 0 Å². The van der Waals surface area contributed by atoms with Crippen LogP contribution in [-0.2, 0) is 6.42 Å². The number of ketones is 1. The number of nitrogens with zero attached hydrogens (tertiary/aromatic N) is 1. The number of hydrogen-bond donors (Lipinski definition) is 0. The summed E-state index contributed by atoms with van der Waals surface area (Å²) in [6.07, 6.45) is 4.42. The zero-order valence-electron chi connectivity index (χ0n) is 12.7. The molecule has 0 saturated carbocycles. The molecule has 0 N–H and O–H groups in total. The molecular weight excluding hydrogens is 286 g/mol. The van der Waals surface area contributed by atoms with Crippen molar-refractivity contribution in [1.82, 2.24) is 4.98 Å². The maximum atomic E-state index is 12.1. The fourth-order valence-corrected chi connectivity index (χ4v) is 2.32. The zero-order valence-corrected chi connectivity index (χ0v) is 12.7. The third-order valence-corrected chi connectivity index (χ3v) is 3.50. The molecule has 1 heterocycles. The number of carbonyl (C=O) groups is 1. The summed E-state index contributed by atoms with van der Waals surface area (Å²) in [5.74, 6) is 1.69. The van der Waals surface area contributed by atoms with E-state index in [0.717, 1.165) is 17.1 Å². The van der Waals surface area contributed by atoms with Gasteiger partial charge in [0.25, 0.3) is 0 Å². The van der Waals surface area contributed by atoms with Gasteiger partial charge in [-0.15, -0.1) is 0 Å². The van der Waals surface area contributed by atoms with Crippen molar-refractivity contribution in [3.8, 4) is 11.5 Å². The molecule has 0 amide bonds. The second-order valence-electron chi connectivity index (χ2n) is 5.23. The normalized spacial score (nSPS) is 10.3. The molecule has 0 atom stereocenters. The summed E-state index contributed by atoms with van der Waals surface area (Å²) in [4.78, 5) is 16.1. The molecule has 1 aromatic heterocycles. The fraction of sp³-hybridized carbons (Fsp3) is 0.100. The standard InChI is InChI=1S/C20H17NO2/c22-20(17-7-5-13-21-15-17)12-11-16-6-4-10-19(14-16)23-18-8-2-1-3-9-18/h1-10,13-15H,11-12H2. The minimum Gasteiger partial charge on any atom is -0.457 e. The van der Waals surface area contributed by atoms with Gasteiger partial charge >= 0.3 is 0 Å². The third-order valence-electron chi connectivity index (χ3n) is 3.50. The largest absolute Gasteiger partial charge is 0.457 e. The van der Waals surface area contributed by atoms with Crippen molar-refractivity contribution in [2.45, 2.75) is 12.8 Å². The van der Waals surface area contributed by atoms with Crippen LogP contribution in [-0.4, -0.2) is 10.8 Å². The zero-order chi connectivity index (χ0) is 15.9. The average molecular weight is 303 g/mol. The summed E-state index contributed by atoms with van der Waals surface area (Å²) in [6, 6.07) is 21.1. The number of Topliss-reactive ketones (excluding diaryl/α,β-unsaturated/α-hetero) is 1. The lowest BCUT2D eigenvalue weighted by Crippen LogP contribution is -2.01. The van der Waals surface area contributed by atoms with E-state index in [2.05, 4.69) is 4.98 Å². The van der Waals surface area contributed by atoms with Crippen LogP contribution >= 0.6 is 0 Å². The van der Waals surface area contributed by atoms with E-state index < -0.39 is 0 Å². The second-order valence-corrected chi connectivity index (χ2v) is 5.23. The van der Waals surface area contributed by atoms with Crippen molar-refractivity contribution >= 4 is 5.78 Å². The predicted molar refractivity (Wildman–Crippen MR) is 89.8 cm³/mol. The highest BCUT2D eigenvalue weighted by Gasteiger charge is 2.06. The highest BCUT2D eigenvalue weighted by atomic mass is 16.5. The maximum absolute atomic E-state index is 12.1. The Balaban J connectivity index is 1.63. The van der Waals surface area contributed by atoms with Gasteiger partial charge in [0.2, 0.25) is 0 Å². The van der Waals surface area contributed by atoms with Gasteiger partial charge in [0.1, 0.15) is 11.5 Å². The molecule has 0 unspecified atom stereocenters. The Kier molecular flexibility index (Phi) is 4.79. The molecule has 3 heteroatoms. The lowest BCUT2D eigenvalue weighted by molar-refractivity contribution is 0.0982. The Morgan fingerprint density at radius 2 is 1.74 bits per heavy atom. The molecule has 0 aliphatic carbocycles. The van der Waals surface area contributed by atoms with Gasteiger partial charge in [0.05, 0.1) is 0 Å². The van der Waals surface area contributed by atoms with Crippen molar-refractivity contribution in [1.29, 1.82) is 0 Å². The Morgan fingerprint density at radius 3 is 2.52 bits per heavy atom. The summed E-state index contributed by atoms with van der Waals surface area (Å²) in [5, 5.41) is 0. The van der Waals surface area contributed by atoms with Crippen molar-refractivity contribution in [3.05, 3.63) is 90.3 Å². The molecule has 114 valence electrons. The number of benzene rings is 2. The monoisotopic (exact) mass is 303 g/mol. The molecular formula is C20H17NO2. The lowest BCUT2D eigenvalue weighted by atomic mass is 10.0. The number of carbonyl (C=O) groups excluding carboxylic acids is 1. The van der Waals surface area contributed by atoms with E-state index in [4.69, 9.17) is 4.74 Å². The van der Waals surface area contributed by atoms with Gasteiger partial charge in [0.15, 0.2) is 5.78 Å².